The van der Waals surface area contributed by atoms with Crippen LogP contribution in [0.15, 0.2) is 53.6 Å². The van der Waals surface area contributed by atoms with Gasteiger partial charge in [-0.05, 0) is 31.2 Å². The minimum Gasteiger partial charge on any atom is -0.454 e. The van der Waals surface area contributed by atoms with Crippen molar-refractivity contribution in [1.82, 2.24) is 14.8 Å². The molecule has 2 aromatic heterocycles. The van der Waals surface area contributed by atoms with Gasteiger partial charge in [0.1, 0.15) is 5.75 Å². The molecule has 0 spiro atoms. The van der Waals surface area contributed by atoms with Crippen molar-refractivity contribution < 1.29 is 22.7 Å². The van der Waals surface area contributed by atoms with Gasteiger partial charge in [0.15, 0.2) is 22.4 Å². The van der Waals surface area contributed by atoms with Crippen LogP contribution in [0.3, 0.4) is 0 Å². The number of hydrogen-bond acceptors (Lipinski definition) is 5. The summed E-state index contributed by atoms with van der Waals surface area (Å²) in [4.78, 5) is 27.4. The third kappa shape index (κ3) is 4.04. The molecule has 0 amide bonds. The first-order chi connectivity index (χ1) is 13.2. The van der Waals surface area contributed by atoms with Crippen LogP contribution in [0.1, 0.15) is 22.8 Å². The van der Waals surface area contributed by atoms with Gasteiger partial charge in [-0.3, -0.25) is 9.59 Å². The SMILES string of the molecule is CC(=O)c1cccc(Oc2cnn(-c3ccc(C(F)(F)F)cn3)c(=O)c2Cl)c1. The first kappa shape index (κ1) is 19.6. The lowest BCUT2D eigenvalue weighted by Gasteiger charge is -2.10. The predicted molar refractivity (Wildman–Crippen MR) is 94.2 cm³/mol. The lowest BCUT2D eigenvalue weighted by atomic mass is 10.1. The summed E-state index contributed by atoms with van der Waals surface area (Å²) < 4.78 is 44.1. The summed E-state index contributed by atoms with van der Waals surface area (Å²) in [7, 11) is 0. The molecule has 0 aliphatic rings. The summed E-state index contributed by atoms with van der Waals surface area (Å²) in [5, 5.41) is 3.50. The number of halogens is 4. The first-order valence-electron chi connectivity index (χ1n) is 7.77. The summed E-state index contributed by atoms with van der Waals surface area (Å²) in [5.74, 6) is -0.111. The van der Waals surface area contributed by atoms with Crippen molar-refractivity contribution in [3.05, 3.63) is 75.3 Å². The average Bonchev–Trinajstić information content (AvgIpc) is 2.65. The van der Waals surface area contributed by atoms with Gasteiger partial charge >= 0.3 is 6.18 Å². The van der Waals surface area contributed by atoms with Crippen molar-refractivity contribution in [2.75, 3.05) is 0 Å². The van der Waals surface area contributed by atoms with Crippen LogP contribution in [-0.4, -0.2) is 20.5 Å². The number of ketones is 1. The average molecular weight is 410 g/mol. The van der Waals surface area contributed by atoms with Crippen molar-refractivity contribution in [2.45, 2.75) is 13.1 Å². The minimum atomic E-state index is -4.55. The number of carbonyl (C=O) groups is 1. The van der Waals surface area contributed by atoms with Crippen molar-refractivity contribution in [1.29, 1.82) is 0 Å². The Bertz CT molecular complexity index is 1100. The molecular weight excluding hydrogens is 399 g/mol. The minimum absolute atomic E-state index is 0.0736. The van der Waals surface area contributed by atoms with Gasteiger partial charge in [0.05, 0.1) is 11.8 Å². The summed E-state index contributed by atoms with van der Waals surface area (Å²) in [6, 6.07) is 8.02. The lowest BCUT2D eigenvalue weighted by Crippen LogP contribution is -2.23. The molecule has 3 rings (SSSR count). The van der Waals surface area contributed by atoms with E-state index >= 15 is 0 Å². The number of carbonyl (C=O) groups excluding carboxylic acids is 1. The Morgan fingerprint density at radius 3 is 2.54 bits per heavy atom. The number of rotatable bonds is 4. The second-order valence-corrected chi connectivity index (χ2v) is 6.01. The van der Waals surface area contributed by atoms with E-state index in [1.165, 1.54) is 13.0 Å². The number of pyridine rings is 1. The Labute approximate surface area is 161 Å². The molecule has 10 heteroatoms. The van der Waals surface area contributed by atoms with Gasteiger partial charge < -0.3 is 4.74 Å². The lowest BCUT2D eigenvalue weighted by molar-refractivity contribution is -0.137. The molecule has 0 saturated heterocycles. The van der Waals surface area contributed by atoms with Crippen LogP contribution in [0, 0.1) is 0 Å². The maximum absolute atomic E-state index is 12.6. The van der Waals surface area contributed by atoms with Gasteiger partial charge in [0.25, 0.3) is 5.56 Å². The molecule has 0 radical (unpaired) electrons. The zero-order valence-electron chi connectivity index (χ0n) is 14.2. The van der Waals surface area contributed by atoms with Crippen LogP contribution in [-0.2, 0) is 6.18 Å². The summed E-state index contributed by atoms with van der Waals surface area (Å²) in [5.41, 5.74) is -1.38. The van der Waals surface area contributed by atoms with Gasteiger partial charge in [-0.1, -0.05) is 23.7 Å². The standard InChI is InChI=1S/C18H11ClF3N3O3/c1-10(26)11-3-2-4-13(7-11)28-14-9-24-25(17(27)16(14)19)15-6-5-12(8-23-15)18(20,21)22/h2-9H,1H3. The molecule has 28 heavy (non-hydrogen) atoms. The van der Waals surface area contributed by atoms with E-state index < -0.39 is 17.3 Å². The molecule has 0 saturated carbocycles. The quantitative estimate of drug-likeness (QED) is 0.601. The van der Waals surface area contributed by atoms with E-state index in [-0.39, 0.29) is 28.1 Å². The van der Waals surface area contributed by atoms with Gasteiger partial charge in [0.2, 0.25) is 0 Å². The number of ether oxygens (including phenoxy) is 1. The second kappa shape index (κ2) is 7.43. The highest BCUT2D eigenvalue weighted by Crippen LogP contribution is 2.29. The molecule has 2 heterocycles. The maximum atomic E-state index is 12.6. The monoisotopic (exact) mass is 409 g/mol. The fourth-order valence-electron chi connectivity index (χ4n) is 2.24. The van der Waals surface area contributed by atoms with E-state index in [9.17, 15) is 22.8 Å². The van der Waals surface area contributed by atoms with Crippen molar-refractivity contribution in [3.63, 3.8) is 0 Å². The predicted octanol–water partition coefficient (Wildman–Crippen LogP) is 4.29. The van der Waals surface area contributed by atoms with Crippen LogP contribution in [0.4, 0.5) is 13.2 Å². The van der Waals surface area contributed by atoms with E-state index in [1.54, 1.807) is 18.2 Å². The Morgan fingerprint density at radius 1 is 1.18 bits per heavy atom. The maximum Gasteiger partial charge on any atom is 0.417 e. The van der Waals surface area contributed by atoms with Gasteiger partial charge in [-0.25, -0.2) is 4.98 Å². The van der Waals surface area contributed by atoms with Crippen molar-refractivity contribution in [2.24, 2.45) is 0 Å². The molecule has 6 nitrogen and oxygen atoms in total. The molecule has 1 aromatic carbocycles. The first-order valence-corrected chi connectivity index (χ1v) is 8.15. The smallest absolute Gasteiger partial charge is 0.417 e. The second-order valence-electron chi connectivity index (χ2n) is 5.63. The van der Waals surface area contributed by atoms with Crippen LogP contribution < -0.4 is 10.3 Å². The van der Waals surface area contributed by atoms with E-state index in [1.807, 2.05) is 0 Å². The zero-order chi connectivity index (χ0) is 20.5. The van der Waals surface area contributed by atoms with E-state index in [2.05, 4.69) is 10.1 Å². The Kier molecular flexibility index (Phi) is 5.19. The summed E-state index contributed by atoms with van der Waals surface area (Å²) in [6.45, 7) is 1.39. The van der Waals surface area contributed by atoms with Gasteiger partial charge in [0, 0.05) is 11.8 Å². The largest absolute Gasteiger partial charge is 0.454 e. The van der Waals surface area contributed by atoms with E-state index in [0.29, 0.717) is 11.8 Å². The third-order valence-electron chi connectivity index (χ3n) is 3.65. The molecule has 3 aromatic rings. The molecule has 0 aliphatic heterocycles. The van der Waals surface area contributed by atoms with Gasteiger partial charge in [-0.15, -0.1) is 0 Å². The molecule has 0 unspecified atom stereocenters. The summed E-state index contributed by atoms with van der Waals surface area (Å²) in [6.07, 6.45) is -2.83. The van der Waals surface area contributed by atoms with Crippen molar-refractivity contribution in [3.8, 4) is 17.3 Å². The van der Waals surface area contributed by atoms with Crippen LogP contribution >= 0.6 is 11.6 Å². The number of Topliss-reactive ketones (excluding diaryl/α,β-unsaturated/α-hetero) is 1. The number of aromatic nitrogens is 3. The summed E-state index contributed by atoms with van der Waals surface area (Å²) >= 11 is 6.03. The molecule has 144 valence electrons. The normalized spacial score (nSPS) is 11.3. The van der Waals surface area contributed by atoms with Crippen molar-refractivity contribution >= 4 is 17.4 Å². The fourth-order valence-corrected chi connectivity index (χ4v) is 2.40. The molecule has 0 bridgehead atoms. The van der Waals surface area contributed by atoms with Gasteiger partial charge in [-0.2, -0.15) is 23.0 Å². The Morgan fingerprint density at radius 2 is 1.93 bits per heavy atom. The molecule has 0 fully saturated rings. The molecular formula is C18H11ClF3N3O3. The highest BCUT2D eigenvalue weighted by molar-refractivity contribution is 6.31. The Hall–Kier alpha value is -3.20. The number of alkyl halides is 3. The fraction of sp³-hybridized carbons (Fsp3) is 0.111. The molecule has 0 N–H and O–H groups in total. The molecule has 0 aliphatic carbocycles. The van der Waals surface area contributed by atoms with E-state index in [0.717, 1.165) is 23.0 Å². The molecule has 0 atom stereocenters. The van der Waals surface area contributed by atoms with E-state index in [4.69, 9.17) is 16.3 Å². The highest BCUT2D eigenvalue weighted by atomic mass is 35.5. The zero-order valence-corrected chi connectivity index (χ0v) is 15.0. The highest BCUT2D eigenvalue weighted by Gasteiger charge is 2.30. The number of nitrogens with zero attached hydrogens (tertiary/aromatic N) is 3. The van der Waals surface area contributed by atoms with Crippen LogP contribution in [0.2, 0.25) is 5.02 Å². The Balaban J connectivity index is 1.92. The van der Waals surface area contributed by atoms with Crippen LogP contribution in [0.25, 0.3) is 5.82 Å². The third-order valence-corrected chi connectivity index (χ3v) is 4.00. The number of hydrogen-bond donors (Lipinski definition) is 0. The van der Waals surface area contributed by atoms with Crippen LogP contribution in [0.5, 0.6) is 11.5 Å². The topological polar surface area (TPSA) is 74.1 Å². The number of benzene rings is 1.